The van der Waals surface area contributed by atoms with Crippen LogP contribution in [0.3, 0.4) is 0 Å². The van der Waals surface area contributed by atoms with Gasteiger partial charge >= 0.3 is 0 Å². The summed E-state index contributed by atoms with van der Waals surface area (Å²) in [5.41, 5.74) is 1.69. The Kier molecular flexibility index (Phi) is 5.24. The summed E-state index contributed by atoms with van der Waals surface area (Å²) in [4.78, 5) is 11.1. The van der Waals surface area contributed by atoms with E-state index in [1.165, 1.54) is 0 Å². The van der Waals surface area contributed by atoms with Crippen molar-refractivity contribution in [3.8, 4) is 11.6 Å². The maximum absolute atomic E-state index is 11.1. The fourth-order valence-corrected chi connectivity index (χ4v) is 2.93. The Morgan fingerprint density at radius 1 is 1.20 bits per heavy atom. The first-order valence-corrected chi connectivity index (χ1v) is 8.57. The van der Waals surface area contributed by atoms with Gasteiger partial charge in [-0.25, -0.2) is 0 Å². The van der Waals surface area contributed by atoms with Crippen LogP contribution in [0.2, 0.25) is 5.02 Å². The Bertz CT molecular complexity index is 888. The van der Waals surface area contributed by atoms with Gasteiger partial charge in [0.05, 0.1) is 18.7 Å². The molecule has 1 N–H and O–H groups in total. The van der Waals surface area contributed by atoms with E-state index in [2.05, 4.69) is 12.1 Å². The predicted octanol–water partition coefficient (Wildman–Crippen LogP) is 5.63. The summed E-state index contributed by atoms with van der Waals surface area (Å²) in [6.45, 7) is 3.23. The van der Waals surface area contributed by atoms with Gasteiger partial charge in [0.25, 0.3) is 0 Å². The second-order valence-corrected chi connectivity index (χ2v) is 6.29. The summed E-state index contributed by atoms with van der Waals surface area (Å²) in [6.07, 6.45) is 2.12. The number of aromatic hydroxyl groups is 1. The number of unbranched alkanes of at least 4 members (excludes halogenated alkanes) is 1. The highest BCUT2D eigenvalue weighted by atomic mass is 35.5. The molecule has 0 aliphatic carbocycles. The number of nitroso groups, excluding NO2 is 1. The summed E-state index contributed by atoms with van der Waals surface area (Å²) in [6, 6.07) is 12.8. The molecule has 130 valence electrons. The number of nitrogens with zero attached hydrogens (tertiary/aromatic N) is 2. The first-order valence-electron chi connectivity index (χ1n) is 8.20. The lowest BCUT2D eigenvalue weighted by molar-refractivity contribution is 0.309. The summed E-state index contributed by atoms with van der Waals surface area (Å²) in [7, 11) is 0. The molecule has 0 saturated carbocycles. The van der Waals surface area contributed by atoms with E-state index in [1.807, 2.05) is 24.3 Å². The van der Waals surface area contributed by atoms with Crippen LogP contribution in [-0.4, -0.2) is 16.3 Å². The van der Waals surface area contributed by atoms with Crippen molar-refractivity contribution < 1.29 is 9.84 Å². The van der Waals surface area contributed by atoms with Gasteiger partial charge in [-0.1, -0.05) is 37.1 Å². The van der Waals surface area contributed by atoms with Crippen molar-refractivity contribution in [3.05, 3.63) is 58.0 Å². The minimum absolute atomic E-state index is 0.0111. The third kappa shape index (κ3) is 3.61. The largest absolute Gasteiger partial charge is 0.494 e. The number of benzene rings is 2. The van der Waals surface area contributed by atoms with Crippen molar-refractivity contribution in [2.45, 2.75) is 26.3 Å². The predicted molar refractivity (Wildman–Crippen MR) is 100 cm³/mol. The van der Waals surface area contributed by atoms with Crippen molar-refractivity contribution in [2.24, 2.45) is 5.18 Å². The molecule has 0 fully saturated rings. The first-order chi connectivity index (χ1) is 12.1. The smallest absolute Gasteiger partial charge is 0.222 e. The number of hydrogen-bond donors (Lipinski definition) is 1. The van der Waals surface area contributed by atoms with Crippen LogP contribution in [0.4, 0.5) is 5.69 Å². The fraction of sp³-hybridized carbons (Fsp3) is 0.263. The molecule has 0 aliphatic heterocycles. The standard InChI is InChI=1S/C19H19ClN2O3/c1-2-3-10-25-15-7-4-13(5-8-15)12-22-17-9-6-14(20)11-16(17)18(21-24)19(22)23/h4-9,11,23H,2-3,10,12H2,1H3. The maximum atomic E-state index is 11.1. The topological polar surface area (TPSA) is 63.8 Å². The molecule has 0 radical (unpaired) electrons. The molecule has 0 spiro atoms. The minimum atomic E-state index is -0.157. The molecule has 0 amide bonds. The van der Waals surface area contributed by atoms with Gasteiger partial charge in [0.1, 0.15) is 5.75 Å². The lowest BCUT2D eigenvalue weighted by Crippen LogP contribution is -2.00. The van der Waals surface area contributed by atoms with Gasteiger partial charge in [-0.2, -0.15) is 0 Å². The zero-order valence-corrected chi connectivity index (χ0v) is 14.7. The quantitative estimate of drug-likeness (QED) is 0.440. The van der Waals surface area contributed by atoms with Crippen molar-refractivity contribution in [2.75, 3.05) is 6.61 Å². The molecule has 6 heteroatoms. The summed E-state index contributed by atoms with van der Waals surface area (Å²) in [5, 5.41) is 14.4. The van der Waals surface area contributed by atoms with Crippen LogP contribution in [0.25, 0.3) is 10.9 Å². The average Bonchev–Trinajstić information content (AvgIpc) is 2.87. The Morgan fingerprint density at radius 3 is 2.64 bits per heavy atom. The van der Waals surface area contributed by atoms with Gasteiger partial charge in [0.15, 0.2) is 5.69 Å². The van der Waals surface area contributed by atoms with Gasteiger partial charge < -0.3 is 14.4 Å². The zero-order chi connectivity index (χ0) is 17.8. The summed E-state index contributed by atoms with van der Waals surface area (Å²) < 4.78 is 7.30. The second kappa shape index (κ2) is 7.57. The lowest BCUT2D eigenvalue weighted by atomic mass is 10.2. The van der Waals surface area contributed by atoms with Crippen LogP contribution in [0, 0.1) is 4.91 Å². The molecule has 0 atom stereocenters. The number of aromatic nitrogens is 1. The lowest BCUT2D eigenvalue weighted by Gasteiger charge is -2.09. The van der Waals surface area contributed by atoms with Crippen LogP contribution in [-0.2, 0) is 6.54 Å². The molecule has 25 heavy (non-hydrogen) atoms. The summed E-state index contributed by atoms with van der Waals surface area (Å²) >= 11 is 5.99. The molecule has 3 aromatic rings. The Hall–Kier alpha value is -2.53. The van der Waals surface area contributed by atoms with E-state index in [0.717, 1.165) is 24.2 Å². The van der Waals surface area contributed by atoms with Crippen LogP contribution in [0.1, 0.15) is 25.3 Å². The SMILES string of the molecule is CCCCOc1ccc(Cn2c(O)c(N=O)c3cc(Cl)ccc32)cc1. The average molecular weight is 359 g/mol. The van der Waals surface area contributed by atoms with Gasteiger partial charge in [0.2, 0.25) is 5.88 Å². The zero-order valence-electron chi connectivity index (χ0n) is 13.9. The van der Waals surface area contributed by atoms with Crippen molar-refractivity contribution in [3.63, 3.8) is 0 Å². The van der Waals surface area contributed by atoms with Crippen molar-refractivity contribution >= 4 is 28.2 Å². The number of ether oxygens (including phenoxy) is 1. The number of hydrogen-bond acceptors (Lipinski definition) is 4. The van der Waals surface area contributed by atoms with E-state index in [9.17, 15) is 10.0 Å². The molecule has 1 heterocycles. The van der Waals surface area contributed by atoms with Crippen LogP contribution < -0.4 is 4.74 Å². The van der Waals surface area contributed by atoms with E-state index in [-0.39, 0.29) is 11.6 Å². The van der Waals surface area contributed by atoms with E-state index >= 15 is 0 Å². The van der Waals surface area contributed by atoms with Gasteiger partial charge in [0, 0.05) is 10.4 Å². The molecular formula is C19H19ClN2O3. The molecule has 0 aliphatic rings. The highest BCUT2D eigenvalue weighted by Gasteiger charge is 2.18. The normalized spacial score (nSPS) is 11.0. The van der Waals surface area contributed by atoms with Crippen molar-refractivity contribution in [1.82, 2.24) is 4.57 Å². The monoisotopic (exact) mass is 358 g/mol. The van der Waals surface area contributed by atoms with Crippen LogP contribution in [0.5, 0.6) is 11.6 Å². The van der Waals surface area contributed by atoms with E-state index in [4.69, 9.17) is 16.3 Å². The number of halogens is 1. The maximum Gasteiger partial charge on any atom is 0.222 e. The van der Waals surface area contributed by atoms with Crippen LogP contribution >= 0.6 is 11.6 Å². The molecule has 1 aromatic heterocycles. The van der Waals surface area contributed by atoms with Gasteiger partial charge in [-0.05, 0) is 47.5 Å². The van der Waals surface area contributed by atoms with Gasteiger partial charge in [-0.15, -0.1) is 4.91 Å². The summed E-state index contributed by atoms with van der Waals surface area (Å²) in [5.74, 6) is 0.663. The Balaban J connectivity index is 1.88. The fourth-order valence-electron chi connectivity index (χ4n) is 2.75. The highest BCUT2D eigenvalue weighted by molar-refractivity contribution is 6.31. The molecular weight excluding hydrogens is 340 g/mol. The number of fused-ring (bicyclic) bond motifs is 1. The second-order valence-electron chi connectivity index (χ2n) is 5.86. The molecule has 0 unspecified atom stereocenters. The first kappa shape index (κ1) is 17.3. The minimum Gasteiger partial charge on any atom is -0.494 e. The molecule has 0 bridgehead atoms. The van der Waals surface area contributed by atoms with E-state index in [1.54, 1.807) is 22.8 Å². The molecule has 3 rings (SSSR count). The Labute approximate surface area is 150 Å². The van der Waals surface area contributed by atoms with Crippen LogP contribution in [0.15, 0.2) is 47.6 Å². The Morgan fingerprint density at radius 2 is 1.96 bits per heavy atom. The third-order valence-corrected chi connectivity index (χ3v) is 4.33. The van der Waals surface area contributed by atoms with Crippen molar-refractivity contribution in [1.29, 1.82) is 0 Å². The van der Waals surface area contributed by atoms with E-state index in [0.29, 0.717) is 29.1 Å². The number of rotatable bonds is 7. The van der Waals surface area contributed by atoms with E-state index < -0.39 is 0 Å². The highest BCUT2D eigenvalue weighted by Crippen LogP contribution is 2.40. The third-order valence-electron chi connectivity index (χ3n) is 4.09. The van der Waals surface area contributed by atoms with Gasteiger partial charge in [-0.3, -0.25) is 0 Å². The molecule has 5 nitrogen and oxygen atoms in total. The molecule has 2 aromatic carbocycles. The molecule has 0 saturated heterocycles.